The van der Waals surface area contributed by atoms with Gasteiger partial charge in [-0.3, -0.25) is 14.2 Å². The van der Waals surface area contributed by atoms with Gasteiger partial charge in [-0.05, 0) is 63.3 Å². The normalized spacial score (nSPS) is 11.9. The summed E-state index contributed by atoms with van der Waals surface area (Å²) in [6, 6.07) is 35.8. The second-order valence-corrected chi connectivity index (χ2v) is 17.1. The summed E-state index contributed by atoms with van der Waals surface area (Å²) in [5.74, 6) is -0.959. The number of amides is 2. The van der Waals surface area contributed by atoms with Gasteiger partial charge in [0, 0.05) is 28.0 Å². The smallest absolute Gasteiger partial charge is 0.252 e. The fraction of sp³-hybridized carbons (Fsp3) is 0.119. The second-order valence-electron chi connectivity index (χ2n) is 12.7. The molecule has 0 aliphatic heterocycles. The maximum atomic E-state index is 14.0. The number of sulfonamides is 1. The molecule has 7 aromatic rings. The number of nitrogens with zero attached hydrogens (tertiary/aromatic N) is 1. The summed E-state index contributed by atoms with van der Waals surface area (Å²) < 4.78 is 73.2. The Kier molecular flexibility index (Phi) is 12.3. The van der Waals surface area contributed by atoms with Gasteiger partial charge in [0.25, 0.3) is 29.9 Å². The molecule has 0 spiro atoms. The van der Waals surface area contributed by atoms with Gasteiger partial charge in [-0.2, -0.15) is 9.98 Å². The molecule has 0 aliphatic rings. The summed E-state index contributed by atoms with van der Waals surface area (Å²) in [5.41, 5.74) is 0.830. The third-order valence-electron chi connectivity index (χ3n) is 8.88. The number of thiophene rings is 1. The van der Waals surface area contributed by atoms with Crippen molar-refractivity contribution in [3.8, 4) is 23.3 Å². The van der Waals surface area contributed by atoms with Crippen molar-refractivity contribution < 1.29 is 41.0 Å². The van der Waals surface area contributed by atoms with Crippen molar-refractivity contribution in [3.63, 3.8) is 0 Å². The maximum Gasteiger partial charge on any atom is 0.252 e. The number of rotatable bonds is 16. The SMILES string of the molecule is N#Cc1ccc(O[PH](=O)CNS(=O)(=O)c2cc3cc(OCCNC(=O)c4cccc5ccccc45)c(OCCNC(=O)c4cccc5ccccc45)cc3s2)cc1F. The second kappa shape index (κ2) is 17.9. The summed E-state index contributed by atoms with van der Waals surface area (Å²) in [7, 11) is -7.22. The summed E-state index contributed by atoms with van der Waals surface area (Å²) in [6.07, 6.45) is -0.569. The lowest BCUT2D eigenvalue weighted by Crippen LogP contribution is -2.29. The number of ether oxygens (including phenoxy) is 2. The van der Waals surface area contributed by atoms with Crippen LogP contribution in [0, 0.1) is 17.1 Å². The van der Waals surface area contributed by atoms with Crippen molar-refractivity contribution in [2.24, 2.45) is 0 Å². The van der Waals surface area contributed by atoms with Crippen LogP contribution in [0.25, 0.3) is 31.6 Å². The van der Waals surface area contributed by atoms with E-state index in [-0.39, 0.29) is 65.1 Å². The maximum absolute atomic E-state index is 14.0. The van der Waals surface area contributed by atoms with E-state index in [9.17, 15) is 27.0 Å². The summed E-state index contributed by atoms with van der Waals surface area (Å²) in [6.45, 7) is 0.380. The van der Waals surface area contributed by atoms with Crippen molar-refractivity contribution >= 4 is 72.8 Å². The zero-order valence-electron chi connectivity index (χ0n) is 30.5. The van der Waals surface area contributed by atoms with Crippen LogP contribution in [0.2, 0.25) is 0 Å². The molecule has 294 valence electrons. The first-order valence-electron chi connectivity index (χ1n) is 17.8. The van der Waals surface area contributed by atoms with Gasteiger partial charge >= 0.3 is 0 Å². The fourth-order valence-corrected chi connectivity index (χ4v) is 9.92. The average Bonchev–Trinajstić information content (AvgIpc) is 3.66. The van der Waals surface area contributed by atoms with Gasteiger partial charge < -0.3 is 24.6 Å². The van der Waals surface area contributed by atoms with Crippen LogP contribution in [0.3, 0.4) is 0 Å². The van der Waals surface area contributed by atoms with Crippen molar-refractivity contribution in [1.82, 2.24) is 15.4 Å². The van der Waals surface area contributed by atoms with E-state index < -0.39 is 30.2 Å². The van der Waals surface area contributed by atoms with Gasteiger partial charge in [0.15, 0.2) is 11.5 Å². The summed E-state index contributed by atoms with van der Waals surface area (Å²) in [5, 5.41) is 18.7. The molecule has 3 N–H and O–H groups in total. The number of carbonyl (C=O) groups excluding carboxylic acids is 2. The molecule has 16 heteroatoms. The molecule has 1 atom stereocenters. The van der Waals surface area contributed by atoms with Crippen molar-refractivity contribution in [3.05, 3.63) is 144 Å². The lowest BCUT2D eigenvalue weighted by Gasteiger charge is -2.14. The molecule has 12 nitrogen and oxygen atoms in total. The fourth-order valence-electron chi connectivity index (χ4n) is 6.11. The molecule has 0 fully saturated rings. The monoisotopic (exact) mass is 836 g/mol. The van der Waals surface area contributed by atoms with Crippen LogP contribution in [0.15, 0.2) is 126 Å². The van der Waals surface area contributed by atoms with E-state index in [0.717, 1.165) is 38.9 Å². The van der Waals surface area contributed by atoms with Crippen LogP contribution in [-0.4, -0.2) is 52.8 Å². The molecule has 0 radical (unpaired) electrons. The molecular formula is C42H34FN4O8PS2. The Hall–Kier alpha value is -6.30. The van der Waals surface area contributed by atoms with Gasteiger partial charge in [-0.25, -0.2) is 12.8 Å². The molecule has 58 heavy (non-hydrogen) atoms. The largest absolute Gasteiger partial charge is 0.488 e. The average molecular weight is 837 g/mol. The van der Waals surface area contributed by atoms with E-state index in [1.165, 1.54) is 18.2 Å². The quantitative estimate of drug-likeness (QED) is 0.0654. The zero-order chi connectivity index (χ0) is 40.6. The predicted octanol–water partition coefficient (Wildman–Crippen LogP) is 7.63. The molecule has 0 aliphatic carbocycles. The predicted molar refractivity (Wildman–Crippen MR) is 221 cm³/mol. The number of nitriles is 1. The van der Waals surface area contributed by atoms with E-state index in [1.807, 2.05) is 72.8 Å². The molecule has 6 aromatic carbocycles. The molecule has 2 amide bonds. The number of halogens is 1. The Labute approximate surface area is 337 Å². The first kappa shape index (κ1) is 39.9. The number of hydrogen-bond acceptors (Lipinski definition) is 10. The number of nitrogens with one attached hydrogen (secondary N) is 3. The summed E-state index contributed by atoms with van der Waals surface area (Å²) >= 11 is 0.937. The Bertz CT molecular complexity index is 2720. The highest BCUT2D eigenvalue weighted by atomic mass is 32.2. The Morgan fingerprint density at radius 1 is 0.724 bits per heavy atom. The molecule has 1 aromatic heterocycles. The molecule has 1 heterocycles. The minimum absolute atomic E-state index is 0.0461. The third-order valence-corrected chi connectivity index (χ3v) is 13.0. The van der Waals surface area contributed by atoms with E-state index in [4.69, 9.17) is 19.3 Å². The first-order valence-corrected chi connectivity index (χ1v) is 21.7. The minimum atomic E-state index is -4.18. The van der Waals surface area contributed by atoms with Gasteiger partial charge in [0.05, 0.1) is 24.9 Å². The first-order chi connectivity index (χ1) is 28.1. The Morgan fingerprint density at radius 3 is 1.88 bits per heavy atom. The highest BCUT2D eigenvalue weighted by Crippen LogP contribution is 2.38. The van der Waals surface area contributed by atoms with Crippen LogP contribution >= 0.6 is 19.4 Å². The molecule has 0 saturated heterocycles. The van der Waals surface area contributed by atoms with Gasteiger partial charge in [-0.1, -0.05) is 72.8 Å². The van der Waals surface area contributed by atoms with Gasteiger partial charge in [0.1, 0.15) is 35.1 Å². The zero-order valence-corrected chi connectivity index (χ0v) is 33.1. The number of fused-ring (bicyclic) bond motifs is 3. The van der Waals surface area contributed by atoms with Gasteiger partial charge in [0.2, 0.25) is 0 Å². The van der Waals surface area contributed by atoms with Crippen LogP contribution < -0.4 is 29.4 Å². The number of hydrogen-bond donors (Lipinski definition) is 3. The number of carbonyl (C=O) groups is 2. The van der Waals surface area contributed by atoms with Crippen LogP contribution in [0.5, 0.6) is 17.2 Å². The minimum Gasteiger partial charge on any atom is -0.488 e. The van der Waals surface area contributed by atoms with E-state index in [0.29, 0.717) is 21.2 Å². The molecule has 1 unspecified atom stereocenters. The van der Waals surface area contributed by atoms with Crippen molar-refractivity contribution in [1.29, 1.82) is 5.26 Å². The molecule has 7 rings (SSSR count). The highest BCUT2D eigenvalue weighted by molar-refractivity contribution is 7.92. The molecule has 0 bridgehead atoms. The number of benzene rings is 6. The lowest BCUT2D eigenvalue weighted by atomic mass is 10.0. The summed E-state index contributed by atoms with van der Waals surface area (Å²) in [4.78, 5) is 26.2. The van der Waals surface area contributed by atoms with Crippen LogP contribution in [0.1, 0.15) is 26.3 Å². The van der Waals surface area contributed by atoms with E-state index >= 15 is 0 Å². The van der Waals surface area contributed by atoms with Gasteiger partial charge in [-0.15, -0.1) is 11.3 Å². The third kappa shape index (κ3) is 9.28. The Morgan fingerprint density at radius 2 is 1.29 bits per heavy atom. The van der Waals surface area contributed by atoms with Crippen LogP contribution in [-0.2, 0) is 14.6 Å². The van der Waals surface area contributed by atoms with Crippen molar-refractivity contribution in [2.75, 3.05) is 32.6 Å². The van der Waals surface area contributed by atoms with E-state index in [1.54, 1.807) is 30.3 Å². The van der Waals surface area contributed by atoms with Crippen molar-refractivity contribution in [2.45, 2.75) is 4.21 Å². The van der Waals surface area contributed by atoms with E-state index in [2.05, 4.69) is 15.4 Å². The topological polar surface area (TPSA) is 173 Å². The van der Waals surface area contributed by atoms with Crippen LogP contribution in [0.4, 0.5) is 4.39 Å². The standard InChI is InChI=1S/C42H34FN4O8PS2/c43-36-23-31(16-15-29(36)25-44)55-56(50)26-47-58(51,52)40-22-30-21-37(53-19-17-45-41(48)34-13-5-9-27-7-1-3-11-32(27)34)38(24-39(30)57-40)54-20-18-46-42(49)35-14-6-10-28-8-2-4-12-33(28)35/h1-16,21-24,47,56H,17-20,26H2,(H,45,48)(H,46,49). The molecule has 0 saturated carbocycles. The highest BCUT2D eigenvalue weighted by Gasteiger charge is 2.21. The lowest BCUT2D eigenvalue weighted by molar-refractivity contribution is 0.0938. The Balaban J connectivity index is 1.04. The molecular weight excluding hydrogens is 803 g/mol.